The number of rotatable bonds is 5. The summed E-state index contributed by atoms with van der Waals surface area (Å²) >= 11 is 0.920. The minimum Gasteiger partial charge on any atom is -0.481 e. The minimum absolute atomic E-state index is 0.129. The van der Waals surface area contributed by atoms with E-state index in [-0.39, 0.29) is 11.9 Å². The van der Waals surface area contributed by atoms with E-state index in [1.54, 1.807) is 6.92 Å². The van der Waals surface area contributed by atoms with Gasteiger partial charge < -0.3 is 10.4 Å². The Morgan fingerprint density at radius 1 is 1.43 bits per heavy atom. The molecule has 2 N–H and O–H groups in total. The maximum atomic E-state index is 10.9. The molecule has 0 rings (SSSR count). The number of carbonyl (C=O) groups excluding carboxylic acids is 2. The van der Waals surface area contributed by atoms with E-state index in [1.165, 1.54) is 6.92 Å². The molecule has 0 bridgehead atoms. The Morgan fingerprint density at radius 2 is 2.00 bits per heavy atom. The molecular weight excluding hydrogens is 206 g/mol. The van der Waals surface area contributed by atoms with Crippen LogP contribution in [0, 0.1) is 0 Å². The third kappa shape index (κ3) is 7.60. The third-order valence-corrected chi connectivity index (χ3v) is 2.37. The van der Waals surface area contributed by atoms with Crippen molar-refractivity contribution in [3.05, 3.63) is 0 Å². The fourth-order valence-corrected chi connectivity index (χ4v) is 1.53. The van der Waals surface area contributed by atoms with Gasteiger partial charge in [-0.2, -0.15) is 0 Å². The van der Waals surface area contributed by atoms with Crippen molar-refractivity contribution in [2.75, 3.05) is 5.75 Å². The zero-order chi connectivity index (χ0) is 11.1. The van der Waals surface area contributed by atoms with Gasteiger partial charge in [0, 0.05) is 18.7 Å². The fraction of sp³-hybridized carbons (Fsp3) is 0.625. The highest BCUT2D eigenvalue weighted by molar-refractivity contribution is 8.13. The predicted molar refractivity (Wildman–Crippen MR) is 53.0 cm³/mol. The third-order valence-electron chi connectivity index (χ3n) is 1.24. The van der Waals surface area contributed by atoms with Gasteiger partial charge in [0.05, 0.1) is 0 Å². The van der Waals surface area contributed by atoms with Crippen LogP contribution in [0.3, 0.4) is 0 Å². The molecule has 6 heteroatoms. The molecule has 0 aliphatic heterocycles. The summed E-state index contributed by atoms with van der Waals surface area (Å²) in [6.07, 6.45) is -0.475. The van der Waals surface area contributed by atoms with Crippen molar-refractivity contribution in [2.45, 2.75) is 26.3 Å². The van der Waals surface area contributed by atoms with Crippen LogP contribution < -0.4 is 5.32 Å². The summed E-state index contributed by atoms with van der Waals surface area (Å²) in [6.45, 7) is 3.14. The van der Waals surface area contributed by atoms with E-state index in [1.807, 2.05) is 0 Å². The lowest BCUT2D eigenvalue weighted by Crippen LogP contribution is -2.32. The number of carboxylic acids is 1. The van der Waals surface area contributed by atoms with Gasteiger partial charge in [-0.25, -0.2) is 0 Å². The van der Waals surface area contributed by atoms with Crippen LogP contribution in [0.4, 0.5) is 0 Å². The second-order valence-corrected chi connectivity index (χ2v) is 3.93. The van der Waals surface area contributed by atoms with Gasteiger partial charge in [0.1, 0.15) is 6.42 Å². The standard InChI is InChI=1S/C8H13NO4S/c1-5(9-6(2)10)4-14-8(13)3-7(11)12/h5H,3-4H2,1-2H3,(H,9,10)(H,11,12). The van der Waals surface area contributed by atoms with Crippen LogP contribution in [0.15, 0.2) is 0 Å². The number of hydrogen-bond acceptors (Lipinski definition) is 4. The van der Waals surface area contributed by atoms with Gasteiger partial charge in [-0.3, -0.25) is 14.4 Å². The largest absolute Gasteiger partial charge is 0.481 e. The van der Waals surface area contributed by atoms with E-state index >= 15 is 0 Å². The van der Waals surface area contributed by atoms with Crippen molar-refractivity contribution >= 4 is 28.8 Å². The van der Waals surface area contributed by atoms with E-state index < -0.39 is 17.5 Å². The first kappa shape index (κ1) is 13.0. The van der Waals surface area contributed by atoms with Crippen molar-refractivity contribution in [2.24, 2.45) is 0 Å². The molecule has 1 atom stereocenters. The molecule has 0 aromatic rings. The van der Waals surface area contributed by atoms with Crippen molar-refractivity contribution < 1.29 is 19.5 Å². The molecule has 0 aliphatic carbocycles. The summed E-state index contributed by atoms with van der Waals surface area (Å²) in [4.78, 5) is 31.6. The number of carboxylic acid groups (broad SMARTS) is 1. The molecule has 80 valence electrons. The molecule has 0 saturated carbocycles. The average Bonchev–Trinajstić information content (AvgIpc) is 1.98. The lowest BCUT2D eigenvalue weighted by molar-refractivity contribution is -0.138. The number of amides is 1. The van der Waals surface area contributed by atoms with Gasteiger partial charge in [-0.1, -0.05) is 11.8 Å². The number of carbonyl (C=O) groups is 3. The number of nitrogens with one attached hydrogen (secondary N) is 1. The zero-order valence-corrected chi connectivity index (χ0v) is 8.89. The Bertz CT molecular complexity index is 241. The first-order chi connectivity index (χ1) is 6.41. The summed E-state index contributed by atoms with van der Waals surface area (Å²) in [6, 6.07) is -0.129. The zero-order valence-electron chi connectivity index (χ0n) is 8.07. The van der Waals surface area contributed by atoms with E-state index in [0.717, 1.165) is 11.8 Å². The van der Waals surface area contributed by atoms with Crippen molar-refractivity contribution in [1.29, 1.82) is 0 Å². The van der Waals surface area contributed by atoms with E-state index in [4.69, 9.17) is 5.11 Å². The lowest BCUT2D eigenvalue weighted by Gasteiger charge is -2.10. The van der Waals surface area contributed by atoms with Gasteiger partial charge in [0.25, 0.3) is 0 Å². The van der Waals surface area contributed by atoms with Gasteiger partial charge in [-0.15, -0.1) is 0 Å². The highest BCUT2D eigenvalue weighted by Gasteiger charge is 2.11. The molecule has 0 aromatic carbocycles. The minimum atomic E-state index is -1.13. The number of hydrogen-bond donors (Lipinski definition) is 2. The lowest BCUT2D eigenvalue weighted by atomic mass is 10.4. The quantitative estimate of drug-likeness (QED) is 0.647. The SMILES string of the molecule is CC(=O)NC(C)CSC(=O)CC(=O)O. The molecule has 0 aromatic heterocycles. The van der Waals surface area contributed by atoms with Crippen molar-refractivity contribution in [3.8, 4) is 0 Å². The molecule has 0 radical (unpaired) electrons. The first-order valence-corrected chi connectivity index (χ1v) is 5.05. The summed E-state index contributed by atoms with van der Waals surface area (Å²) in [5.74, 6) is -0.899. The second-order valence-electron chi connectivity index (χ2n) is 2.86. The van der Waals surface area contributed by atoms with Crippen LogP contribution in [0.5, 0.6) is 0 Å². The van der Waals surface area contributed by atoms with Gasteiger partial charge in [0.15, 0.2) is 5.12 Å². The molecule has 0 heterocycles. The molecule has 0 saturated heterocycles. The van der Waals surface area contributed by atoms with Crippen molar-refractivity contribution in [1.82, 2.24) is 5.32 Å². The normalized spacial score (nSPS) is 11.9. The maximum absolute atomic E-state index is 10.9. The van der Waals surface area contributed by atoms with Gasteiger partial charge in [0.2, 0.25) is 5.91 Å². The van der Waals surface area contributed by atoms with E-state index in [0.29, 0.717) is 5.75 Å². The van der Waals surface area contributed by atoms with Crippen LogP contribution >= 0.6 is 11.8 Å². The molecule has 14 heavy (non-hydrogen) atoms. The molecule has 1 amide bonds. The predicted octanol–water partition coefficient (Wildman–Crippen LogP) is 0.245. The highest BCUT2D eigenvalue weighted by atomic mass is 32.2. The molecule has 5 nitrogen and oxygen atoms in total. The number of thioether (sulfide) groups is 1. The van der Waals surface area contributed by atoms with E-state index in [9.17, 15) is 14.4 Å². The van der Waals surface area contributed by atoms with Gasteiger partial charge in [-0.05, 0) is 6.92 Å². The molecule has 0 fully saturated rings. The van der Waals surface area contributed by atoms with E-state index in [2.05, 4.69) is 5.32 Å². The summed E-state index contributed by atoms with van der Waals surface area (Å²) < 4.78 is 0. The topological polar surface area (TPSA) is 83.5 Å². The monoisotopic (exact) mass is 219 g/mol. The highest BCUT2D eigenvalue weighted by Crippen LogP contribution is 2.07. The molecule has 0 spiro atoms. The fourth-order valence-electron chi connectivity index (χ4n) is 0.781. The van der Waals surface area contributed by atoms with Crippen LogP contribution in [0.2, 0.25) is 0 Å². The Morgan fingerprint density at radius 3 is 2.43 bits per heavy atom. The van der Waals surface area contributed by atoms with Crippen molar-refractivity contribution in [3.63, 3.8) is 0 Å². The first-order valence-electron chi connectivity index (χ1n) is 4.06. The van der Waals surface area contributed by atoms with Crippen LogP contribution in [0.25, 0.3) is 0 Å². The Kier molecular flexibility index (Phi) is 5.94. The Labute approximate surface area is 86.2 Å². The summed E-state index contributed by atoms with van der Waals surface area (Å²) in [5.41, 5.74) is 0. The average molecular weight is 219 g/mol. The van der Waals surface area contributed by atoms with Crippen LogP contribution in [-0.2, 0) is 14.4 Å². The van der Waals surface area contributed by atoms with Crippen LogP contribution in [-0.4, -0.2) is 33.9 Å². The second kappa shape index (κ2) is 6.42. The van der Waals surface area contributed by atoms with Gasteiger partial charge >= 0.3 is 5.97 Å². The maximum Gasteiger partial charge on any atom is 0.311 e. The molecule has 1 unspecified atom stereocenters. The molecule has 0 aliphatic rings. The number of aliphatic carboxylic acids is 1. The van der Waals surface area contributed by atoms with Crippen LogP contribution in [0.1, 0.15) is 20.3 Å². The Balaban J connectivity index is 3.66. The summed E-state index contributed by atoms with van der Waals surface area (Å²) in [5, 5.41) is 10.5. The summed E-state index contributed by atoms with van der Waals surface area (Å²) in [7, 11) is 0. The smallest absolute Gasteiger partial charge is 0.311 e. The Hall–Kier alpha value is -1.04. The molecular formula is C8H13NO4S.